The van der Waals surface area contributed by atoms with Crippen LogP contribution in [0.3, 0.4) is 0 Å². The number of hydrogen-bond acceptors (Lipinski definition) is 4. The Kier molecular flexibility index (Phi) is 6.97. The van der Waals surface area contributed by atoms with Crippen molar-refractivity contribution in [1.82, 2.24) is 5.32 Å². The van der Waals surface area contributed by atoms with Crippen molar-refractivity contribution in [2.75, 3.05) is 19.8 Å². The van der Waals surface area contributed by atoms with Crippen molar-refractivity contribution in [2.45, 2.75) is 13.8 Å². The van der Waals surface area contributed by atoms with E-state index < -0.39 is 24.3 Å². The van der Waals surface area contributed by atoms with Gasteiger partial charge in [-0.15, -0.1) is 0 Å². The number of carbonyl (C=O) groups is 2. The van der Waals surface area contributed by atoms with Crippen molar-refractivity contribution in [3.63, 3.8) is 0 Å². The minimum absolute atomic E-state index is 0.000883. The molecule has 1 N–H and O–H groups in total. The molecule has 138 valence electrons. The molecule has 5 nitrogen and oxygen atoms in total. The van der Waals surface area contributed by atoms with Crippen LogP contribution in [0.4, 0.5) is 4.39 Å². The number of ether oxygens (including phenoxy) is 2. The number of aryl methyl sites for hydroxylation is 2. The van der Waals surface area contributed by atoms with Crippen LogP contribution in [0.25, 0.3) is 0 Å². The van der Waals surface area contributed by atoms with Crippen LogP contribution in [-0.2, 0) is 9.53 Å². The molecule has 7 heteroatoms. The molecule has 0 aromatic heterocycles. The lowest BCUT2D eigenvalue weighted by atomic mass is 10.1. The number of benzene rings is 2. The molecule has 26 heavy (non-hydrogen) atoms. The summed E-state index contributed by atoms with van der Waals surface area (Å²) in [6, 6.07) is 9.13. The van der Waals surface area contributed by atoms with E-state index in [2.05, 4.69) is 5.32 Å². The second-order valence-corrected chi connectivity index (χ2v) is 6.07. The van der Waals surface area contributed by atoms with Crippen molar-refractivity contribution in [3.8, 4) is 5.75 Å². The lowest BCUT2D eigenvalue weighted by Crippen LogP contribution is -2.32. The molecule has 2 aromatic carbocycles. The van der Waals surface area contributed by atoms with Crippen LogP contribution in [0.15, 0.2) is 36.4 Å². The zero-order valence-electron chi connectivity index (χ0n) is 14.5. The molecule has 0 spiro atoms. The van der Waals surface area contributed by atoms with E-state index in [9.17, 15) is 14.0 Å². The number of rotatable bonds is 7. The maximum absolute atomic E-state index is 13.0. The SMILES string of the molecule is Cc1ccc(OCCNC(=O)COC(=O)c2ccc(F)cc2Cl)c(C)c1. The Balaban J connectivity index is 1.71. The zero-order chi connectivity index (χ0) is 19.1. The summed E-state index contributed by atoms with van der Waals surface area (Å²) >= 11 is 5.76. The predicted molar refractivity (Wildman–Crippen MR) is 96.1 cm³/mol. The summed E-state index contributed by atoms with van der Waals surface area (Å²) in [7, 11) is 0. The third-order valence-electron chi connectivity index (χ3n) is 3.50. The van der Waals surface area contributed by atoms with E-state index in [1.807, 2.05) is 32.0 Å². The Morgan fingerprint density at radius 1 is 1.15 bits per heavy atom. The second kappa shape index (κ2) is 9.20. The standard InChI is InChI=1S/C19H19ClFNO4/c1-12-3-6-17(13(2)9-12)25-8-7-22-18(23)11-26-19(24)15-5-4-14(21)10-16(15)20/h3-6,9-10H,7-8,11H2,1-2H3,(H,22,23). The van der Waals surface area contributed by atoms with Gasteiger partial charge in [-0.2, -0.15) is 0 Å². The van der Waals surface area contributed by atoms with Crippen molar-refractivity contribution in [3.05, 3.63) is 63.9 Å². The van der Waals surface area contributed by atoms with E-state index in [1.54, 1.807) is 0 Å². The Bertz CT molecular complexity index is 810. The lowest BCUT2D eigenvalue weighted by Gasteiger charge is -2.11. The fraction of sp³-hybridized carbons (Fsp3) is 0.263. The smallest absolute Gasteiger partial charge is 0.340 e. The summed E-state index contributed by atoms with van der Waals surface area (Å²) in [6.07, 6.45) is 0. The molecule has 1 amide bonds. The minimum Gasteiger partial charge on any atom is -0.491 e. The van der Waals surface area contributed by atoms with Crippen molar-refractivity contribution in [2.24, 2.45) is 0 Å². The lowest BCUT2D eigenvalue weighted by molar-refractivity contribution is -0.124. The molecule has 2 aromatic rings. The van der Waals surface area contributed by atoms with Crippen LogP contribution in [-0.4, -0.2) is 31.6 Å². The van der Waals surface area contributed by atoms with Gasteiger partial charge in [-0.3, -0.25) is 4.79 Å². The van der Waals surface area contributed by atoms with Gasteiger partial charge < -0.3 is 14.8 Å². The Labute approximate surface area is 156 Å². The van der Waals surface area contributed by atoms with Crippen LogP contribution in [0.5, 0.6) is 5.75 Å². The van der Waals surface area contributed by atoms with Gasteiger partial charge >= 0.3 is 5.97 Å². The highest BCUT2D eigenvalue weighted by Crippen LogP contribution is 2.19. The molecule has 0 atom stereocenters. The Morgan fingerprint density at radius 3 is 2.62 bits per heavy atom. The van der Waals surface area contributed by atoms with Crippen molar-refractivity contribution in [1.29, 1.82) is 0 Å². The van der Waals surface area contributed by atoms with E-state index in [0.717, 1.165) is 29.0 Å². The summed E-state index contributed by atoms with van der Waals surface area (Å²) in [6.45, 7) is 4.03. The Morgan fingerprint density at radius 2 is 1.92 bits per heavy atom. The summed E-state index contributed by atoms with van der Waals surface area (Å²) in [5.41, 5.74) is 2.16. The highest BCUT2D eigenvalue weighted by Gasteiger charge is 2.14. The van der Waals surface area contributed by atoms with E-state index in [1.165, 1.54) is 6.07 Å². The highest BCUT2D eigenvalue weighted by molar-refractivity contribution is 6.33. The van der Waals surface area contributed by atoms with E-state index >= 15 is 0 Å². The van der Waals surface area contributed by atoms with Crippen LogP contribution in [0.1, 0.15) is 21.5 Å². The number of nitrogens with one attached hydrogen (secondary N) is 1. The first-order chi connectivity index (χ1) is 12.4. The molecule has 0 aliphatic rings. The van der Waals surface area contributed by atoms with E-state index in [4.69, 9.17) is 21.1 Å². The average Bonchev–Trinajstić information content (AvgIpc) is 2.58. The highest BCUT2D eigenvalue weighted by atomic mass is 35.5. The van der Waals surface area contributed by atoms with Gasteiger partial charge in [0.25, 0.3) is 5.91 Å². The van der Waals surface area contributed by atoms with Crippen LogP contribution < -0.4 is 10.1 Å². The number of esters is 1. The monoisotopic (exact) mass is 379 g/mol. The average molecular weight is 380 g/mol. The maximum atomic E-state index is 13.0. The second-order valence-electron chi connectivity index (χ2n) is 5.67. The van der Waals surface area contributed by atoms with Crippen LogP contribution in [0.2, 0.25) is 5.02 Å². The molecule has 0 bridgehead atoms. The molecule has 0 fully saturated rings. The van der Waals surface area contributed by atoms with Crippen molar-refractivity contribution < 1.29 is 23.5 Å². The third-order valence-corrected chi connectivity index (χ3v) is 3.81. The zero-order valence-corrected chi connectivity index (χ0v) is 15.2. The number of amides is 1. The normalized spacial score (nSPS) is 10.3. The first kappa shape index (κ1) is 19.7. The van der Waals surface area contributed by atoms with Gasteiger partial charge in [0.05, 0.1) is 17.1 Å². The van der Waals surface area contributed by atoms with Gasteiger partial charge in [-0.25, -0.2) is 9.18 Å². The number of carbonyl (C=O) groups excluding carboxylic acids is 2. The summed E-state index contributed by atoms with van der Waals surface area (Å²) in [5, 5.41) is 2.51. The van der Waals surface area contributed by atoms with Gasteiger partial charge in [0, 0.05) is 0 Å². The summed E-state index contributed by atoms with van der Waals surface area (Å²) in [5.74, 6) is -1.08. The largest absolute Gasteiger partial charge is 0.491 e. The van der Waals surface area contributed by atoms with Gasteiger partial charge in [0.1, 0.15) is 18.2 Å². The van der Waals surface area contributed by atoms with Crippen LogP contribution in [0, 0.1) is 19.7 Å². The summed E-state index contributed by atoms with van der Waals surface area (Å²) < 4.78 is 23.4. The number of halogens is 2. The van der Waals surface area contributed by atoms with E-state index in [-0.39, 0.29) is 23.7 Å². The van der Waals surface area contributed by atoms with E-state index in [0.29, 0.717) is 0 Å². The fourth-order valence-electron chi connectivity index (χ4n) is 2.23. The molecular weight excluding hydrogens is 361 g/mol. The van der Waals surface area contributed by atoms with Gasteiger partial charge in [-0.1, -0.05) is 29.3 Å². The Hall–Kier alpha value is -2.60. The molecule has 0 saturated heterocycles. The predicted octanol–water partition coefficient (Wildman–Crippen LogP) is 3.45. The molecule has 0 aliphatic heterocycles. The molecule has 0 radical (unpaired) electrons. The first-order valence-corrected chi connectivity index (χ1v) is 8.33. The van der Waals surface area contributed by atoms with Crippen molar-refractivity contribution >= 4 is 23.5 Å². The fourth-order valence-corrected chi connectivity index (χ4v) is 2.47. The molecule has 0 saturated carbocycles. The molecule has 2 rings (SSSR count). The summed E-state index contributed by atoms with van der Waals surface area (Å²) in [4.78, 5) is 23.5. The molecular formula is C19H19ClFNO4. The van der Waals surface area contributed by atoms with Crippen LogP contribution >= 0.6 is 11.6 Å². The first-order valence-electron chi connectivity index (χ1n) is 7.95. The number of hydrogen-bond donors (Lipinski definition) is 1. The van der Waals surface area contributed by atoms with Gasteiger partial charge in [-0.05, 0) is 43.7 Å². The molecule has 0 unspecified atom stereocenters. The molecule has 0 heterocycles. The topological polar surface area (TPSA) is 64.6 Å². The third kappa shape index (κ3) is 5.74. The maximum Gasteiger partial charge on any atom is 0.340 e. The molecule has 0 aliphatic carbocycles. The van der Waals surface area contributed by atoms with Gasteiger partial charge in [0.2, 0.25) is 0 Å². The van der Waals surface area contributed by atoms with Gasteiger partial charge in [0.15, 0.2) is 6.61 Å². The minimum atomic E-state index is -0.795. The quantitative estimate of drug-likeness (QED) is 0.591.